The van der Waals surface area contributed by atoms with Crippen molar-refractivity contribution in [1.82, 2.24) is 15.3 Å². The Bertz CT molecular complexity index is 501. The van der Waals surface area contributed by atoms with Crippen LogP contribution in [0.1, 0.15) is 0 Å². The van der Waals surface area contributed by atoms with E-state index in [-0.39, 0.29) is 12.6 Å². The maximum Gasteiger partial charge on any atom is 0.187 e. The fraction of sp³-hybridized carbons (Fsp3) is 0.462. The van der Waals surface area contributed by atoms with E-state index < -0.39 is 0 Å². The molecule has 19 heavy (non-hydrogen) atoms. The molecule has 2 N–H and O–H groups in total. The minimum Gasteiger partial charge on any atom is -0.482 e. The molecule has 2 aliphatic heterocycles. The third-order valence-corrected chi connectivity index (χ3v) is 3.53. The van der Waals surface area contributed by atoms with E-state index in [2.05, 4.69) is 11.4 Å². The molecule has 0 aromatic carbocycles. The lowest BCUT2D eigenvalue weighted by molar-refractivity contribution is 0.0396. The second-order valence-electron chi connectivity index (χ2n) is 4.47. The van der Waals surface area contributed by atoms with Crippen molar-refractivity contribution >= 4 is 0 Å². The van der Waals surface area contributed by atoms with Gasteiger partial charge in [0.2, 0.25) is 0 Å². The normalized spacial score (nSPS) is 23.7. The number of methoxy groups -OCH3 is 1. The van der Waals surface area contributed by atoms with E-state index in [4.69, 9.17) is 4.74 Å². The van der Waals surface area contributed by atoms with Crippen molar-refractivity contribution in [2.45, 2.75) is 6.04 Å². The fourth-order valence-corrected chi connectivity index (χ4v) is 2.26. The van der Waals surface area contributed by atoms with Crippen molar-refractivity contribution in [2.75, 3.05) is 34.4 Å². The van der Waals surface area contributed by atoms with Crippen LogP contribution in [0.4, 0.5) is 0 Å². The highest BCUT2D eigenvalue weighted by Gasteiger charge is 2.30. The number of rotatable bonds is 3. The SMILES string of the molecule is COC1=CC(C#N)=C(C2=CC(CO)N(C)N2C)CN1. The van der Waals surface area contributed by atoms with E-state index in [0.29, 0.717) is 18.0 Å². The Balaban J connectivity index is 2.39. The number of nitrogens with one attached hydrogen (secondary N) is 1. The molecule has 6 heteroatoms. The van der Waals surface area contributed by atoms with Crippen molar-refractivity contribution < 1.29 is 9.84 Å². The summed E-state index contributed by atoms with van der Waals surface area (Å²) in [5, 5.41) is 25.6. The summed E-state index contributed by atoms with van der Waals surface area (Å²) in [6, 6.07) is 2.14. The molecule has 0 fully saturated rings. The quantitative estimate of drug-likeness (QED) is 0.742. The first-order valence-electron chi connectivity index (χ1n) is 6.04. The lowest BCUT2D eigenvalue weighted by Crippen LogP contribution is -2.39. The van der Waals surface area contributed by atoms with Crippen LogP contribution in [0.25, 0.3) is 0 Å². The minimum atomic E-state index is -0.0553. The molecule has 0 aromatic rings. The van der Waals surface area contributed by atoms with Gasteiger partial charge in [-0.1, -0.05) is 0 Å². The topological polar surface area (TPSA) is 71.8 Å². The zero-order valence-electron chi connectivity index (χ0n) is 11.3. The van der Waals surface area contributed by atoms with Gasteiger partial charge in [0, 0.05) is 32.3 Å². The van der Waals surface area contributed by atoms with E-state index >= 15 is 0 Å². The first-order valence-corrected chi connectivity index (χ1v) is 6.04. The molecule has 1 unspecified atom stereocenters. The van der Waals surface area contributed by atoms with E-state index in [1.807, 2.05) is 30.2 Å². The van der Waals surface area contributed by atoms with Crippen LogP contribution in [0.15, 0.2) is 34.9 Å². The first-order chi connectivity index (χ1) is 9.12. The molecule has 0 amide bonds. The zero-order chi connectivity index (χ0) is 14.0. The van der Waals surface area contributed by atoms with Gasteiger partial charge in [0.05, 0.1) is 37.1 Å². The van der Waals surface area contributed by atoms with E-state index in [9.17, 15) is 10.4 Å². The number of nitriles is 1. The molecule has 0 radical (unpaired) electrons. The molecular formula is C13H18N4O2. The molecule has 6 nitrogen and oxygen atoms in total. The number of aliphatic hydroxyl groups excluding tert-OH is 1. The molecule has 0 spiro atoms. The van der Waals surface area contributed by atoms with Gasteiger partial charge in [0.15, 0.2) is 5.88 Å². The second kappa shape index (κ2) is 5.34. The summed E-state index contributed by atoms with van der Waals surface area (Å²) < 4.78 is 5.11. The van der Waals surface area contributed by atoms with Gasteiger partial charge in [-0.2, -0.15) is 5.26 Å². The van der Waals surface area contributed by atoms with Crippen molar-refractivity contribution in [2.24, 2.45) is 0 Å². The third-order valence-electron chi connectivity index (χ3n) is 3.53. The summed E-state index contributed by atoms with van der Waals surface area (Å²) in [4.78, 5) is 0. The molecule has 0 bridgehead atoms. The summed E-state index contributed by atoms with van der Waals surface area (Å²) in [5.41, 5.74) is 2.44. The molecule has 0 aliphatic carbocycles. The lowest BCUT2D eigenvalue weighted by atomic mass is 10.0. The smallest absolute Gasteiger partial charge is 0.187 e. The third kappa shape index (κ3) is 2.30. The summed E-state index contributed by atoms with van der Waals surface area (Å²) in [5.74, 6) is 0.591. The summed E-state index contributed by atoms with van der Waals surface area (Å²) in [6.45, 7) is 0.580. The minimum absolute atomic E-state index is 0.0477. The van der Waals surface area contributed by atoms with Gasteiger partial charge in [-0.05, 0) is 6.08 Å². The van der Waals surface area contributed by atoms with Crippen LogP contribution in [-0.2, 0) is 4.74 Å². The lowest BCUT2D eigenvalue weighted by Gasteiger charge is -2.30. The number of hydrazine groups is 1. The van der Waals surface area contributed by atoms with Gasteiger partial charge >= 0.3 is 0 Å². The average molecular weight is 262 g/mol. The van der Waals surface area contributed by atoms with Crippen molar-refractivity contribution in [3.8, 4) is 6.07 Å². The largest absolute Gasteiger partial charge is 0.482 e. The van der Waals surface area contributed by atoms with Crippen molar-refractivity contribution in [3.05, 3.63) is 34.9 Å². The van der Waals surface area contributed by atoms with Gasteiger partial charge in [0.25, 0.3) is 0 Å². The maximum absolute atomic E-state index is 9.33. The van der Waals surface area contributed by atoms with Crippen LogP contribution < -0.4 is 5.32 Å². The Hall–Kier alpha value is -1.97. The maximum atomic E-state index is 9.33. The van der Waals surface area contributed by atoms with Gasteiger partial charge in [0.1, 0.15) is 0 Å². The van der Waals surface area contributed by atoms with Crippen LogP contribution in [0.2, 0.25) is 0 Å². The Morgan fingerprint density at radius 2 is 2.32 bits per heavy atom. The monoisotopic (exact) mass is 262 g/mol. The summed E-state index contributed by atoms with van der Waals surface area (Å²) in [7, 11) is 5.39. The number of allylic oxidation sites excluding steroid dienone is 2. The van der Waals surface area contributed by atoms with Crippen molar-refractivity contribution in [3.63, 3.8) is 0 Å². The second-order valence-corrected chi connectivity index (χ2v) is 4.47. The summed E-state index contributed by atoms with van der Waals surface area (Å²) in [6.07, 6.45) is 3.67. The number of hydrogen-bond acceptors (Lipinski definition) is 6. The molecule has 0 aromatic heterocycles. The van der Waals surface area contributed by atoms with E-state index in [1.54, 1.807) is 13.2 Å². The number of likely N-dealkylation sites (N-methyl/N-ethyl adjacent to an activating group) is 2. The highest BCUT2D eigenvalue weighted by atomic mass is 16.5. The molecular weight excluding hydrogens is 244 g/mol. The van der Waals surface area contributed by atoms with Gasteiger partial charge in [-0.3, -0.25) is 0 Å². The number of hydrogen-bond donors (Lipinski definition) is 2. The van der Waals surface area contributed by atoms with E-state index in [0.717, 1.165) is 11.3 Å². The van der Waals surface area contributed by atoms with Crippen LogP contribution in [-0.4, -0.2) is 55.5 Å². The van der Waals surface area contributed by atoms with Gasteiger partial charge < -0.3 is 20.2 Å². The molecule has 2 rings (SSSR count). The number of aliphatic hydroxyl groups is 1. The van der Waals surface area contributed by atoms with Gasteiger partial charge in [-0.25, -0.2) is 5.01 Å². The van der Waals surface area contributed by atoms with Crippen LogP contribution in [0.5, 0.6) is 0 Å². The predicted octanol–water partition coefficient (Wildman–Crippen LogP) is -0.0654. The molecule has 2 aliphatic rings. The summed E-state index contributed by atoms with van der Waals surface area (Å²) >= 11 is 0. The van der Waals surface area contributed by atoms with Gasteiger partial charge in [-0.15, -0.1) is 0 Å². The highest BCUT2D eigenvalue weighted by molar-refractivity contribution is 5.51. The van der Waals surface area contributed by atoms with Crippen LogP contribution in [0, 0.1) is 11.3 Å². The molecule has 102 valence electrons. The Labute approximate surface area is 112 Å². The number of nitrogens with zero attached hydrogens (tertiary/aromatic N) is 3. The number of ether oxygens (including phenoxy) is 1. The number of dihydropyridines is 1. The molecule has 1 atom stereocenters. The van der Waals surface area contributed by atoms with E-state index in [1.165, 1.54) is 0 Å². The first kappa shape index (κ1) is 13.5. The average Bonchev–Trinajstić information content (AvgIpc) is 2.74. The van der Waals surface area contributed by atoms with Crippen molar-refractivity contribution in [1.29, 1.82) is 5.26 Å². The Kier molecular flexibility index (Phi) is 3.79. The zero-order valence-corrected chi connectivity index (χ0v) is 11.3. The molecule has 0 saturated heterocycles. The Morgan fingerprint density at radius 3 is 2.84 bits per heavy atom. The van der Waals surface area contributed by atoms with Crippen LogP contribution >= 0.6 is 0 Å². The fourth-order valence-electron chi connectivity index (χ4n) is 2.26. The molecule has 2 heterocycles. The molecule has 0 saturated carbocycles. The highest BCUT2D eigenvalue weighted by Crippen LogP contribution is 2.28. The Morgan fingerprint density at radius 1 is 1.58 bits per heavy atom. The predicted molar refractivity (Wildman–Crippen MR) is 70.2 cm³/mol. The van der Waals surface area contributed by atoms with Crippen LogP contribution in [0.3, 0.4) is 0 Å². The standard InChI is InChI=1S/C13H18N4O2/c1-16-10(8-18)5-12(17(16)2)11-7-15-13(19-3)4-9(11)6-14/h4-5,10,15,18H,7-8H2,1-3H3.